The quantitative estimate of drug-likeness (QED) is 0.918. The lowest BCUT2D eigenvalue weighted by Crippen LogP contribution is -2.09. The maximum absolute atomic E-state index is 11.0. The van der Waals surface area contributed by atoms with Gasteiger partial charge in [-0.1, -0.05) is 21.1 Å². The summed E-state index contributed by atoms with van der Waals surface area (Å²) in [6, 6.07) is 5.23. The molecule has 0 amide bonds. The van der Waals surface area contributed by atoms with Gasteiger partial charge in [-0.15, -0.1) is 0 Å². The Morgan fingerprint density at radius 3 is 2.87 bits per heavy atom. The van der Waals surface area contributed by atoms with E-state index < -0.39 is 10.0 Å². The van der Waals surface area contributed by atoms with Crippen molar-refractivity contribution in [2.45, 2.75) is 0 Å². The molecule has 0 saturated heterocycles. The fourth-order valence-electron chi connectivity index (χ4n) is 1.16. The van der Waals surface area contributed by atoms with Gasteiger partial charge in [-0.05, 0) is 18.2 Å². The van der Waals surface area contributed by atoms with E-state index >= 15 is 0 Å². The Bertz CT molecular complexity index is 605. The van der Waals surface area contributed by atoms with E-state index in [-0.39, 0.29) is 5.82 Å². The maximum atomic E-state index is 11.0. The van der Waals surface area contributed by atoms with Crippen molar-refractivity contribution in [1.82, 2.24) is 5.16 Å². The number of hydrogen-bond donors (Lipinski definition) is 1. The summed E-state index contributed by atoms with van der Waals surface area (Å²) in [7, 11) is -3.33. The number of aromatic nitrogens is 1. The predicted octanol–water partition coefficient (Wildman–Crippen LogP) is 1.96. The molecule has 1 heterocycles. The minimum absolute atomic E-state index is 0.208. The summed E-state index contributed by atoms with van der Waals surface area (Å²) in [6.07, 6.45) is 1.06. The Balaban J connectivity index is 2.55. The molecule has 0 aliphatic carbocycles. The van der Waals surface area contributed by atoms with Crippen LogP contribution in [0.25, 0.3) is 11.0 Å². The van der Waals surface area contributed by atoms with Gasteiger partial charge in [0.2, 0.25) is 10.0 Å². The summed E-state index contributed by atoms with van der Waals surface area (Å²) >= 11 is 3.28. The molecule has 0 atom stereocenters. The van der Waals surface area contributed by atoms with Gasteiger partial charge in [-0.25, -0.2) is 8.42 Å². The molecular weight excluding hydrogens is 284 g/mol. The van der Waals surface area contributed by atoms with Gasteiger partial charge in [0.15, 0.2) is 11.4 Å². The van der Waals surface area contributed by atoms with Crippen molar-refractivity contribution in [1.29, 1.82) is 0 Å². The van der Waals surface area contributed by atoms with E-state index in [0.29, 0.717) is 11.0 Å². The lowest BCUT2D eigenvalue weighted by atomic mass is 10.2. The van der Waals surface area contributed by atoms with Crippen LogP contribution in [0.3, 0.4) is 0 Å². The van der Waals surface area contributed by atoms with Crippen LogP contribution in [0.15, 0.2) is 27.2 Å². The zero-order chi connectivity index (χ0) is 11.1. The van der Waals surface area contributed by atoms with Gasteiger partial charge in [0.25, 0.3) is 0 Å². The number of nitrogens with zero attached hydrogens (tertiary/aromatic N) is 1. The van der Waals surface area contributed by atoms with E-state index in [1.54, 1.807) is 18.2 Å². The Kier molecular flexibility index (Phi) is 2.43. The van der Waals surface area contributed by atoms with E-state index in [9.17, 15) is 8.42 Å². The van der Waals surface area contributed by atoms with Crippen molar-refractivity contribution in [3.8, 4) is 0 Å². The van der Waals surface area contributed by atoms with E-state index in [4.69, 9.17) is 4.52 Å². The van der Waals surface area contributed by atoms with Crippen LogP contribution in [0.1, 0.15) is 0 Å². The Morgan fingerprint density at radius 2 is 2.20 bits per heavy atom. The zero-order valence-electron chi connectivity index (χ0n) is 7.69. The minimum Gasteiger partial charge on any atom is -0.354 e. The van der Waals surface area contributed by atoms with Crippen LogP contribution < -0.4 is 4.72 Å². The van der Waals surface area contributed by atoms with Crippen molar-refractivity contribution in [3.63, 3.8) is 0 Å². The van der Waals surface area contributed by atoms with Crippen LogP contribution >= 0.6 is 15.9 Å². The third-order valence-electron chi connectivity index (χ3n) is 1.72. The highest BCUT2D eigenvalue weighted by Gasteiger charge is 2.11. The van der Waals surface area contributed by atoms with Crippen molar-refractivity contribution < 1.29 is 12.9 Å². The van der Waals surface area contributed by atoms with Crippen molar-refractivity contribution in [2.75, 3.05) is 11.0 Å². The normalized spacial score (nSPS) is 11.9. The van der Waals surface area contributed by atoms with Crippen LogP contribution in [0, 0.1) is 0 Å². The van der Waals surface area contributed by atoms with Gasteiger partial charge in [-0.2, -0.15) is 0 Å². The third-order valence-corrected chi connectivity index (χ3v) is 2.77. The fourth-order valence-corrected chi connectivity index (χ4v) is 2.00. The minimum atomic E-state index is -3.33. The Morgan fingerprint density at radius 1 is 1.47 bits per heavy atom. The molecule has 1 aromatic heterocycles. The molecule has 2 rings (SSSR count). The first-order valence-corrected chi connectivity index (χ1v) is 6.67. The highest BCUT2D eigenvalue weighted by Crippen LogP contribution is 2.26. The number of benzene rings is 1. The van der Waals surface area contributed by atoms with E-state index in [1.807, 2.05) is 0 Å². The SMILES string of the molecule is CS(=O)(=O)Nc1noc2cc(Br)ccc12. The molecule has 1 N–H and O–H groups in total. The molecule has 5 nitrogen and oxygen atoms in total. The van der Waals surface area contributed by atoms with Crippen LogP contribution in [0.5, 0.6) is 0 Å². The molecule has 0 spiro atoms. The summed E-state index contributed by atoms with van der Waals surface area (Å²) < 4.78 is 30.1. The summed E-state index contributed by atoms with van der Waals surface area (Å²) in [6.45, 7) is 0. The number of rotatable bonds is 2. The summed E-state index contributed by atoms with van der Waals surface area (Å²) in [5, 5.41) is 4.26. The third kappa shape index (κ3) is 2.29. The predicted molar refractivity (Wildman–Crippen MR) is 60.2 cm³/mol. The van der Waals surface area contributed by atoms with Crippen molar-refractivity contribution in [3.05, 3.63) is 22.7 Å². The monoisotopic (exact) mass is 290 g/mol. The zero-order valence-corrected chi connectivity index (χ0v) is 10.1. The van der Waals surface area contributed by atoms with Crippen LogP contribution in [0.2, 0.25) is 0 Å². The molecule has 1 aromatic carbocycles. The molecule has 15 heavy (non-hydrogen) atoms. The highest BCUT2D eigenvalue weighted by molar-refractivity contribution is 9.10. The van der Waals surface area contributed by atoms with Crippen LogP contribution in [0.4, 0.5) is 5.82 Å². The van der Waals surface area contributed by atoms with Crippen molar-refractivity contribution in [2.24, 2.45) is 0 Å². The van der Waals surface area contributed by atoms with E-state index in [1.165, 1.54) is 0 Å². The first-order chi connectivity index (χ1) is 6.96. The lowest BCUT2D eigenvalue weighted by molar-refractivity contribution is 0.460. The smallest absolute Gasteiger partial charge is 0.231 e. The van der Waals surface area contributed by atoms with Gasteiger partial charge in [0, 0.05) is 4.47 Å². The average Bonchev–Trinajstić information content (AvgIpc) is 2.45. The molecule has 2 aromatic rings. The van der Waals surface area contributed by atoms with E-state index in [0.717, 1.165) is 10.7 Å². The summed E-state index contributed by atoms with van der Waals surface area (Å²) in [5.41, 5.74) is 0.524. The molecule has 0 aliphatic rings. The van der Waals surface area contributed by atoms with Crippen molar-refractivity contribution >= 4 is 42.7 Å². The topological polar surface area (TPSA) is 72.2 Å². The second-order valence-electron chi connectivity index (χ2n) is 3.05. The molecule has 80 valence electrons. The maximum Gasteiger partial charge on any atom is 0.231 e. The number of halogens is 1. The number of sulfonamides is 1. The second kappa shape index (κ2) is 3.49. The molecule has 0 aliphatic heterocycles. The molecule has 7 heteroatoms. The first-order valence-electron chi connectivity index (χ1n) is 3.98. The summed E-state index contributed by atoms with van der Waals surface area (Å²) in [4.78, 5) is 0. The van der Waals surface area contributed by atoms with Gasteiger partial charge in [0.1, 0.15) is 0 Å². The number of anilines is 1. The molecule has 0 saturated carbocycles. The fraction of sp³-hybridized carbons (Fsp3) is 0.125. The van der Waals surface area contributed by atoms with Gasteiger partial charge >= 0.3 is 0 Å². The second-order valence-corrected chi connectivity index (χ2v) is 5.71. The van der Waals surface area contributed by atoms with Gasteiger partial charge < -0.3 is 4.52 Å². The van der Waals surface area contributed by atoms with E-state index in [2.05, 4.69) is 25.8 Å². The lowest BCUT2D eigenvalue weighted by Gasteiger charge is -1.97. The van der Waals surface area contributed by atoms with Crippen LogP contribution in [-0.4, -0.2) is 19.8 Å². The van der Waals surface area contributed by atoms with Crippen LogP contribution in [-0.2, 0) is 10.0 Å². The summed E-state index contributed by atoms with van der Waals surface area (Å²) in [5.74, 6) is 0.208. The highest BCUT2D eigenvalue weighted by atomic mass is 79.9. The molecule has 0 radical (unpaired) electrons. The number of hydrogen-bond acceptors (Lipinski definition) is 4. The standard InChI is InChI=1S/C8H7BrN2O3S/c1-15(12,13)11-8-6-3-2-5(9)4-7(6)14-10-8/h2-4H,1H3,(H,10,11). The number of nitrogens with one attached hydrogen (secondary N) is 1. The van der Waals surface area contributed by atoms with Gasteiger partial charge in [0.05, 0.1) is 11.6 Å². The molecule has 0 fully saturated rings. The largest absolute Gasteiger partial charge is 0.354 e. The Hall–Kier alpha value is -1.08. The number of fused-ring (bicyclic) bond motifs is 1. The first kappa shape index (κ1) is 10.4. The average molecular weight is 291 g/mol. The molecular formula is C8H7BrN2O3S. The van der Waals surface area contributed by atoms with Gasteiger partial charge in [-0.3, -0.25) is 4.72 Å². The molecule has 0 bridgehead atoms. The molecule has 0 unspecified atom stereocenters. The Labute approximate surface area is 94.6 Å².